The first kappa shape index (κ1) is 15.7. The predicted octanol–water partition coefficient (Wildman–Crippen LogP) is 2.04. The first-order valence-electron chi connectivity index (χ1n) is 7.62. The molecular weight excluding hydrogens is 264 g/mol. The molecule has 21 heavy (non-hydrogen) atoms. The summed E-state index contributed by atoms with van der Waals surface area (Å²) in [6.07, 6.45) is 0.557. The summed E-state index contributed by atoms with van der Waals surface area (Å²) in [6.45, 7) is 9.33. The van der Waals surface area contributed by atoms with Crippen molar-refractivity contribution in [3.63, 3.8) is 0 Å². The van der Waals surface area contributed by atoms with Crippen molar-refractivity contribution in [2.24, 2.45) is 0 Å². The van der Waals surface area contributed by atoms with Gasteiger partial charge in [0.1, 0.15) is 0 Å². The summed E-state index contributed by atoms with van der Waals surface area (Å²) in [5, 5.41) is 0. The van der Waals surface area contributed by atoms with Gasteiger partial charge in [-0.15, -0.1) is 0 Å². The summed E-state index contributed by atoms with van der Waals surface area (Å²) in [4.78, 5) is 28.1. The number of hydrogen-bond donors (Lipinski definition) is 0. The van der Waals surface area contributed by atoms with Crippen LogP contribution in [0.3, 0.4) is 0 Å². The van der Waals surface area contributed by atoms with Crippen LogP contribution in [-0.2, 0) is 4.79 Å². The lowest BCUT2D eigenvalue weighted by atomic mass is 10.0. The van der Waals surface area contributed by atoms with E-state index in [1.54, 1.807) is 0 Å². The standard InChI is InChI=1S/C17H24N2O2/c1-4-17(21)19-9-7-18(8-10-19)12-16(20)15-11-13(2)5-6-14(15)3/h5-6,11H,4,7-10,12H2,1-3H3. The molecule has 1 aliphatic rings. The minimum atomic E-state index is 0.173. The maximum atomic E-state index is 12.4. The number of carbonyl (C=O) groups is 2. The van der Waals surface area contributed by atoms with Gasteiger partial charge in [-0.1, -0.05) is 24.6 Å². The SMILES string of the molecule is CCC(=O)N1CCN(CC(=O)c2cc(C)ccc2C)CC1. The van der Waals surface area contributed by atoms with Gasteiger partial charge < -0.3 is 4.90 Å². The highest BCUT2D eigenvalue weighted by atomic mass is 16.2. The summed E-state index contributed by atoms with van der Waals surface area (Å²) in [6, 6.07) is 6.00. The molecule has 0 radical (unpaired) electrons. The first-order valence-corrected chi connectivity index (χ1v) is 7.62. The number of aryl methyl sites for hydroxylation is 2. The summed E-state index contributed by atoms with van der Waals surface area (Å²) in [5.41, 5.74) is 2.97. The number of carbonyl (C=O) groups excluding carboxylic acids is 2. The maximum absolute atomic E-state index is 12.4. The Morgan fingerprint density at radius 2 is 1.76 bits per heavy atom. The van der Waals surface area contributed by atoms with E-state index in [2.05, 4.69) is 4.90 Å². The van der Waals surface area contributed by atoms with Crippen LogP contribution >= 0.6 is 0 Å². The summed E-state index contributed by atoms with van der Waals surface area (Å²) >= 11 is 0. The molecule has 1 aliphatic heterocycles. The van der Waals surface area contributed by atoms with Crippen LogP contribution in [0.25, 0.3) is 0 Å². The first-order chi connectivity index (χ1) is 10.0. The molecule has 0 aromatic heterocycles. The molecule has 4 heteroatoms. The second kappa shape index (κ2) is 6.85. The second-order valence-corrected chi connectivity index (χ2v) is 5.75. The lowest BCUT2D eigenvalue weighted by Gasteiger charge is -2.34. The zero-order valence-corrected chi connectivity index (χ0v) is 13.2. The molecular formula is C17H24N2O2. The number of nitrogens with zero attached hydrogens (tertiary/aromatic N) is 2. The number of amides is 1. The minimum Gasteiger partial charge on any atom is -0.340 e. The van der Waals surface area contributed by atoms with Gasteiger partial charge in [0.05, 0.1) is 6.54 Å². The fourth-order valence-corrected chi connectivity index (χ4v) is 2.70. The van der Waals surface area contributed by atoms with Crippen molar-refractivity contribution in [1.29, 1.82) is 0 Å². The summed E-state index contributed by atoms with van der Waals surface area (Å²) in [5.74, 6) is 0.377. The highest BCUT2D eigenvalue weighted by Gasteiger charge is 2.22. The topological polar surface area (TPSA) is 40.6 Å². The molecule has 0 saturated carbocycles. The van der Waals surface area contributed by atoms with Crippen molar-refractivity contribution in [2.45, 2.75) is 27.2 Å². The van der Waals surface area contributed by atoms with Crippen LogP contribution in [0.5, 0.6) is 0 Å². The molecule has 0 N–H and O–H groups in total. The van der Waals surface area contributed by atoms with E-state index in [0.29, 0.717) is 13.0 Å². The lowest BCUT2D eigenvalue weighted by molar-refractivity contribution is -0.132. The van der Waals surface area contributed by atoms with E-state index in [1.807, 2.05) is 43.9 Å². The van der Waals surface area contributed by atoms with E-state index in [4.69, 9.17) is 0 Å². The fourth-order valence-electron chi connectivity index (χ4n) is 2.70. The van der Waals surface area contributed by atoms with Crippen LogP contribution < -0.4 is 0 Å². The number of ketones is 1. The zero-order valence-electron chi connectivity index (χ0n) is 13.2. The number of Topliss-reactive ketones (excluding diaryl/α,β-unsaturated/α-hetero) is 1. The van der Waals surface area contributed by atoms with Crippen molar-refractivity contribution < 1.29 is 9.59 Å². The van der Waals surface area contributed by atoms with Gasteiger partial charge in [0.15, 0.2) is 5.78 Å². The van der Waals surface area contributed by atoms with Gasteiger partial charge in [0, 0.05) is 38.2 Å². The van der Waals surface area contributed by atoms with E-state index in [9.17, 15) is 9.59 Å². The third-order valence-electron chi connectivity index (χ3n) is 4.09. The van der Waals surface area contributed by atoms with Gasteiger partial charge in [-0.3, -0.25) is 14.5 Å². The highest BCUT2D eigenvalue weighted by molar-refractivity contribution is 5.99. The Hall–Kier alpha value is -1.68. The average Bonchev–Trinajstić information content (AvgIpc) is 2.49. The second-order valence-electron chi connectivity index (χ2n) is 5.75. The molecule has 1 amide bonds. The molecule has 1 aromatic rings. The molecule has 0 atom stereocenters. The third-order valence-corrected chi connectivity index (χ3v) is 4.09. The average molecular weight is 288 g/mol. The van der Waals surface area contributed by atoms with E-state index in [1.165, 1.54) is 0 Å². The quantitative estimate of drug-likeness (QED) is 0.796. The van der Waals surface area contributed by atoms with Crippen molar-refractivity contribution in [1.82, 2.24) is 9.80 Å². The van der Waals surface area contributed by atoms with Gasteiger partial charge >= 0.3 is 0 Å². The largest absolute Gasteiger partial charge is 0.340 e. The monoisotopic (exact) mass is 288 g/mol. The van der Waals surface area contributed by atoms with Crippen molar-refractivity contribution in [3.8, 4) is 0 Å². The zero-order chi connectivity index (χ0) is 15.4. The normalized spacial score (nSPS) is 16.0. The molecule has 0 bridgehead atoms. The van der Waals surface area contributed by atoms with Gasteiger partial charge in [-0.2, -0.15) is 0 Å². The van der Waals surface area contributed by atoms with Gasteiger partial charge in [-0.25, -0.2) is 0 Å². The van der Waals surface area contributed by atoms with Crippen LogP contribution in [0.1, 0.15) is 34.8 Å². The Bertz CT molecular complexity index is 532. The number of hydrogen-bond acceptors (Lipinski definition) is 3. The Labute approximate surface area is 126 Å². The van der Waals surface area contributed by atoms with Crippen LogP contribution in [0.4, 0.5) is 0 Å². The third kappa shape index (κ3) is 3.91. The summed E-state index contributed by atoms with van der Waals surface area (Å²) in [7, 11) is 0. The van der Waals surface area contributed by atoms with E-state index in [0.717, 1.165) is 42.9 Å². The van der Waals surface area contributed by atoms with Gasteiger partial charge in [0.25, 0.3) is 0 Å². The summed E-state index contributed by atoms with van der Waals surface area (Å²) < 4.78 is 0. The Morgan fingerprint density at radius 1 is 1.10 bits per heavy atom. The molecule has 0 unspecified atom stereocenters. The van der Waals surface area contributed by atoms with Crippen LogP contribution in [0.15, 0.2) is 18.2 Å². The molecule has 1 aromatic carbocycles. The van der Waals surface area contributed by atoms with Gasteiger partial charge in [-0.05, 0) is 25.5 Å². The Kier molecular flexibility index (Phi) is 5.12. The Balaban J connectivity index is 1.93. The Morgan fingerprint density at radius 3 is 2.38 bits per heavy atom. The molecule has 1 heterocycles. The van der Waals surface area contributed by atoms with Crippen LogP contribution in [0, 0.1) is 13.8 Å². The predicted molar refractivity (Wildman–Crippen MR) is 83.6 cm³/mol. The number of benzene rings is 1. The van der Waals surface area contributed by atoms with Crippen molar-refractivity contribution >= 4 is 11.7 Å². The maximum Gasteiger partial charge on any atom is 0.222 e. The van der Waals surface area contributed by atoms with Gasteiger partial charge in [0.2, 0.25) is 5.91 Å². The minimum absolute atomic E-state index is 0.173. The van der Waals surface area contributed by atoms with Crippen molar-refractivity contribution in [3.05, 3.63) is 34.9 Å². The molecule has 1 saturated heterocycles. The van der Waals surface area contributed by atoms with Crippen molar-refractivity contribution in [2.75, 3.05) is 32.7 Å². The molecule has 114 valence electrons. The van der Waals surface area contributed by atoms with Crippen LogP contribution in [0.2, 0.25) is 0 Å². The molecule has 0 spiro atoms. The smallest absolute Gasteiger partial charge is 0.222 e. The van der Waals surface area contributed by atoms with E-state index in [-0.39, 0.29) is 11.7 Å². The molecule has 2 rings (SSSR count). The number of piperazine rings is 1. The highest BCUT2D eigenvalue weighted by Crippen LogP contribution is 2.13. The fraction of sp³-hybridized carbons (Fsp3) is 0.529. The molecule has 4 nitrogen and oxygen atoms in total. The molecule has 0 aliphatic carbocycles. The molecule has 1 fully saturated rings. The van der Waals surface area contributed by atoms with E-state index >= 15 is 0 Å². The lowest BCUT2D eigenvalue weighted by Crippen LogP contribution is -2.49. The number of rotatable bonds is 4. The van der Waals surface area contributed by atoms with Crippen LogP contribution in [-0.4, -0.2) is 54.2 Å². The van der Waals surface area contributed by atoms with E-state index < -0.39 is 0 Å².